The zero-order valence-corrected chi connectivity index (χ0v) is 25.8. The lowest BCUT2D eigenvalue weighted by atomic mass is 10.1. The van der Waals surface area contributed by atoms with Crippen LogP contribution in [0.2, 0.25) is 0 Å². The number of fused-ring (bicyclic) bond motifs is 7. The van der Waals surface area contributed by atoms with E-state index < -0.39 is 0 Å². The molecule has 0 radical (unpaired) electrons. The molecule has 47 heavy (non-hydrogen) atoms. The molecule has 5 N–H and O–H groups in total. The molecule has 0 unspecified atom stereocenters. The molecule has 0 aliphatic rings. The van der Waals surface area contributed by atoms with Gasteiger partial charge < -0.3 is 25.9 Å². The van der Waals surface area contributed by atoms with Crippen LogP contribution in [0.5, 0.6) is 0 Å². The monoisotopic (exact) mass is 610 g/mol. The van der Waals surface area contributed by atoms with Gasteiger partial charge in [0.1, 0.15) is 12.5 Å². The summed E-state index contributed by atoms with van der Waals surface area (Å²) in [5.41, 5.74) is 22.5. The van der Waals surface area contributed by atoms with Gasteiger partial charge in [0.2, 0.25) is 0 Å². The van der Waals surface area contributed by atoms with Crippen LogP contribution in [0.1, 0.15) is 5.56 Å². The third-order valence-electron chi connectivity index (χ3n) is 8.93. The molecule has 2 aromatic heterocycles. The van der Waals surface area contributed by atoms with Gasteiger partial charge in [-0.15, -0.1) is 0 Å². The molecule has 2 heterocycles. The van der Waals surface area contributed by atoms with Crippen molar-refractivity contribution in [2.45, 2.75) is 6.67 Å². The number of aromatic nitrogens is 2. The van der Waals surface area contributed by atoms with E-state index in [-0.39, 0.29) is 0 Å². The van der Waals surface area contributed by atoms with Crippen molar-refractivity contribution < 1.29 is 0 Å². The van der Waals surface area contributed by atoms with Crippen LogP contribution in [0.25, 0.3) is 55.0 Å². The fourth-order valence-corrected chi connectivity index (χ4v) is 6.69. The Hall–Kier alpha value is -6.27. The van der Waals surface area contributed by atoms with E-state index in [2.05, 4.69) is 105 Å². The molecule has 0 bridgehead atoms. The highest BCUT2D eigenvalue weighted by molar-refractivity contribution is 6.25. The molecule has 228 valence electrons. The van der Waals surface area contributed by atoms with Crippen molar-refractivity contribution in [1.29, 1.82) is 0 Å². The average molecular weight is 611 g/mol. The lowest BCUT2D eigenvalue weighted by Crippen LogP contribution is -2.25. The second-order valence-electron chi connectivity index (χ2n) is 11.7. The minimum Gasteiger partial charge on any atom is -0.398 e. The van der Waals surface area contributed by atoms with Crippen molar-refractivity contribution in [3.8, 4) is 5.69 Å². The maximum atomic E-state index is 6.82. The van der Waals surface area contributed by atoms with Crippen LogP contribution in [0.3, 0.4) is 0 Å². The van der Waals surface area contributed by atoms with Crippen molar-refractivity contribution >= 4 is 60.8 Å². The Morgan fingerprint density at radius 1 is 0.574 bits per heavy atom. The molecule has 6 aromatic carbocycles. The van der Waals surface area contributed by atoms with E-state index in [1.165, 1.54) is 32.6 Å². The molecule has 8 aromatic rings. The van der Waals surface area contributed by atoms with Gasteiger partial charge in [-0.2, -0.15) is 0 Å². The van der Waals surface area contributed by atoms with Gasteiger partial charge in [-0.25, -0.2) is 4.99 Å². The topological polar surface area (TPSA) is 86.3 Å². The van der Waals surface area contributed by atoms with E-state index in [1.807, 2.05) is 60.7 Å². The number of nitrogens with two attached hydrogens (primary N) is 2. The molecule has 0 amide bonds. The molecule has 0 aliphatic carbocycles. The van der Waals surface area contributed by atoms with Gasteiger partial charge in [-0.05, 0) is 48.0 Å². The van der Waals surface area contributed by atoms with E-state index in [1.54, 1.807) is 0 Å². The zero-order valence-electron chi connectivity index (χ0n) is 25.8. The first kappa shape index (κ1) is 28.2. The molecule has 0 atom stereocenters. The Bertz CT molecular complexity index is 2440. The standard InChI is InChI=1S/C41H34N6/c42-39(28-14-4-1-5-15-28)34(26-44-29-16-6-2-7-17-29)41(43)45-27-46-35-22-12-11-21-33(35)38-37(46)25-24-32-31-20-10-13-23-36(31)47(40(32)38)30-18-8-3-9-19-30/h1-25,44H,26-27,42H2,(H2,43,45)/b39-34-. The number of nitrogens with zero attached hydrogens (tertiary/aromatic N) is 3. The van der Waals surface area contributed by atoms with E-state index in [9.17, 15) is 0 Å². The van der Waals surface area contributed by atoms with Crippen LogP contribution in [0, 0.1) is 0 Å². The van der Waals surface area contributed by atoms with Crippen LogP contribution >= 0.6 is 0 Å². The molecule has 0 aliphatic heterocycles. The first-order valence-corrected chi connectivity index (χ1v) is 15.8. The van der Waals surface area contributed by atoms with Crippen LogP contribution in [-0.2, 0) is 6.67 Å². The van der Waals surface area contributed by atoms with Crippen LogP contribution < -0.4 is 16.8 Å². The summed E-state index contributed by atoms with van der Waals surface area (Å²) < 4.78 is 4.64. The fourth-order valence-electron chi connectivity index (χ4n) is 6.69. The Balaban J connectivity index is 1.29. The lowest BCUT2D eigenvalue weighted by Gasteiger charge is -2.15. The maximum Gasteiger partial charge on any atom is 0.127 e. The van der Waals surface area contributed by atoms with E-state index >= 15 is 0 Å². The van der Waals surface area contributed by atoms with Crippen LogP contribution in [0.15, 0.2) is 162 Å². The van der Waals surface area contributed by atoms with Crippen molar-refractivity contribution in [1.82, 2.24) is 9.13 Å². The van der Waals surface area contributed by atoms with Crippen molar-refractivity contribution in [2.24, 2.45) is 16.5 Å². The third-order valence-corrected chi connectivity index (χ3v) is 8.93. The first-order chi connectivity index (χ1) is 23.2. The number of hydrogen-bond donors (Lipinski definition) is 3. The normalized spacial score (nSPS) is 12.6. The second kappa shape index (κ2) is 11.9. The molecule has 0 fully saturated rings. The molecule has 8 rings (SSSR count). The smallest absolute Gasteiger partial charge is 0.127 e. The minimum atomic E-state index is 0.337. The van der Waals surface area contributed by atoms with Crippen LogP contribution in [-0.4, -0.2) is 21.5 Å². The predicted molar refractivity (Wildman–Crippen MR) is 198 cm³/mol. The number of benzene rings is 6. The molecular weight excluding hydrogens is 576 g/mol. The third kappa shape index (κ3) is 4.96. The Kier molecular flexibility index (Phi) is 7.15. The number of nitrogens with one attached hydrogen (secondary N) is 1. The molecule has 6 nitrogen and oxygen atoms in total. The minimum absolute atomic E-state index is 0.337. The molecule has 0 saturated heterocycles. The highest BCUT2D eigenvalue weighted by Gasteiger charge is 2.20. The molecule has 0 saturated carbocycles. The highest BCUT2D eigenvalue weighted by atomic mass is 15.1. The Morgan fingerprint density at radius 2 is 1.19 bits per heavy atom. The second-order valence-corrected chi connectivity index (χ2v) is 11.7. The van der Waals surface area contributed by atoms with Gasteiger partial charge in [0.25, 0.3) is 0 Å². The SMILES string of the molecule is NC(=NCn1c2ccccc2c2c1ccc1c3ccccc3n(-c3ccccc3)c12)/C(CNc1ccccc1)=C(\N)c1ccccc1. The largest absolute Gasteiger partial charge is 0.398 e. The lowest BCUT2D eigenvalue weighted by molar-refractivity contribution is 0.790. The van der Waals surface area contributed by atoms with Crippen LogP contribution in [0.4, 0.5) is 5.69 Å². The van der Waals surface area contributed by atoms with E-state index in [0.717, 1.165) is 33.5 Å². The average Bonchev–Trinajstić information content (AvgIpc) is 3.64. The summed E-state index contributed by atoms with van der Waals surface area (Å²) in [6.07, 6.45) is 0. The summed E-state index contributed by atoms with van der Waals surface area (Å²) >= 11 is 0. The number of para-hydroxylation sites is 4. The van der Waals surface area contributed by atoms with Gasteiger partial charge in [0.15, 0.2) is 0 Å². The maximum absolute atomic E-state index is 6.82. The fraction of sp³-hybridized carbons (Fsp3) is 0.0488. The van der Waals surface area contributed by atoms with Gasteiger partial charge >= 0.3 is 0 Å². The van der Waals surface area contributed by atoms with Gasteiger partial charge in [0, 0.05) is 50.7 Å². The van der Waals surface area contributed by atoms with Crippen molar-refractivity contribution in [3.63, 3.8) is 0 Å². The summed E-state index contributed by atoms with van der Waals surface area (Å²) in [7, 11) is 0. The highest BCUT2D eigenvalue weighted by Crippen LogP contribution is 2.40. The number of anilines is 1. The summed E-state index contributed by atoms with van der Waals surface area (Å²) in [5, 5.41) is 8.28. The number of amidine groups is 1. The number of rotatable bonds is 8. The zero-order chi connectivity index (χ0) is 31.7. The Morgan fingerprint density at radius 3 is 1.94 bits per heavy atom. The van der Waals surface area contributed by atoms with E-state index in [4.69, 9.17) is 16.5 Å². The molecular formula is C41H34N6. The van der Waals surface area contributed by atoms with Crippen molar-refractivity contribution in [2.75, 3.05) is 11.9 Å². The number of aliphatic imine (C=N–C) groups is 1. The summed E-state index contributed by atoms with van der Waals surface area (Å²) in [6, 6.07) is 52.2. The molecule has 6 heteroatoms. The molecule has 0 spiro atoms. The number of hydrogen-bond acceptors (Lipinski definition) is 3. The predicted octanol–water partition coefficient (Wildman–Crippen LogP) is 8.69. The quantitative estimate of drug-likeness (QED) is 0.119. The summed E-state index contributed by atoms with van der Waals surface area (Å²) in [5.74, 6) is 0.403. The van der Waals surface area contributed by atoms with Gasteiger partial charge in [-0.3, -0.25) is 0 Å². The van der Waals surface area contributed by atoms with Crippen molar-refractivity contribution in [3.05, 3.63) is 163 Å². The summed E-state index contributed by atoms with van der Waals surface area (Å²) in [6.45, 7) is 0.773. The summed E-state index contributed by atoms with van der Waals surface area (Å²) in [4.78, 5) is 5.00. The van der Waals surface area contributed by atoms with Gasteiger partial charge in [-0.1, -0.05) is 109 Å². The van der Waals surface area contributed by atoms with Gasteiger partial charge in [0.05, 0.1) is 22.1 Å². The first-order valence-electron chi connectivity index (χ1n) is 15.8. The van der Waals surface area contributed by atoms with E-state index in [0.29, 0.717) is 24.7 Å². The Labute approximate surface area is 272 Å².